The lowest BCUT2D eigenvalue weighted by Crippen LogP contribution is -2.34. The molecule has 0 fully saturated rings. The predicted octanol–water partition coefficient (Wildman–Crippen LogP) is 3.89. The minimum Gasteiger partial charge on any atom is -0.478 e. The minimum absolute atomic E-state index is 0.260. The van der Waals surface area contributed by atoms with Crippen molar-refractivity contribution in [1.82, 2.24) is 4.90 Å². The quantitative estimate of drug-likeness (QED) is 0.857. The first-order valence-electron chi connectivity index (χ1n) is 7.22. The summed E-state index contributed by atoms with van der Waals surface area (Å²) < 4.78 is 0. The van der Waals surface area contributed by atoms with Gasteiger partial charge in [-0.1, -0.05) is 46.8 Å². The van der Waals surface area contributed by atoms with E-state index in [-0.39, 0.29) is 5.41 Å². The van der Waals surface area contributed by atoms with E-state index >= 15 is 0 Å². The maximum atomic E-state index is 10.9. The van der Waals surface area contributed by atoms with Crippen molar-refractivity contribution in [3.8, 4) is 0 Å². The highest BCUT2D eigenvalue weighted by Crippen LogP contribution is 2.18. The summed E-state index contributed by atoms with van der Waals surface area (Å²) in [5.74, 6) is -0.249. The molecule has 0 bridgehead atoms. The lowest BCUT2D eigenvalue weighted by molar-refractivity contribution is 0.0697. The molecule has 1 rings (SSSR count). The van der Waals surface area contributed by atoms with E-state index in [0.717, 1.165) is 19.6 Å². The average molecular weight is 277 g/mol. The fraction of sp³-hybridized carbons (Fsp3) is 0.588. The van der Waals surface area contributed by atoms with Gasteiger partial charge in [-0.2, -0.15) is 0 Å². The molecule has 1 N–H and O–H groups in total. The lowest BCUT2D eigenvalue weighted by Gasteiger charge is -2.31. The Bertz CT molecular complexity index is 429. The van der Waals surface area contributed by atoms with Crippen LogP contribution >= 0.6 is 0 Å². The molecule has 0 aromatic heterocycles. The second-order valence-electron chi connectivity index (χ2n) is 7.13. The molecule has 20 heavy (non-hydrogen) atoms. The predicted molar refractivity (Wildman–Crippen MR) is 83.0 cm³/mol. The van der Waals surface area contributed by atoms with E-state index < -0.39 is 5.97 Å². The molecule has 0 spiro atoms. The number of carbonyl (C=O) groups is 1. The first-order valence-corrected chi connectivity index (χ1v) is 7.22. The number of benzene rings is 1. The van der Waals surface area contributed by atoms with Gasteiger partial charge < -0.3 is 5.11 Å². The van der Waals surface area contributed by atoms with Crippen LogP contribution < -0.4 is 0 Å². The topological polar surface area (TPSA) is 40.5 Å². The lowest BCUT2D eigenvalue weighted by atomic mass is 9.95. The van der Waals surface area contributed by atoms with Crippen molar-refractivity contribution in [3.63, 3.8) is 0 Å². The van der Waals surface area contributed by atoms with Crippen LogP contribution in [0.4, 0.5) is 0 Å². The van der Waals surface area contributed by atoms with Crippen LogP contribution in [0.15, 0.2) is 24.3 Å². The SMILES string of the molecule is CC(C)CN(Cc1ccc(C(=O)O)cc1)CC(C)(C)C. The molecule has 0 atom stereocenters. The highest BCUT2D eigenvalue weighted by Gasteiger charge is 2.17. The summed E-state index contributed by atoms with van der Waals surface area (Å²) >= 11 is 0. The van der Waals surface area contributed by atoms with Crippen LogP contribution in [0.3, 0.4) is 0 Å². The summed E-state index contributed by atoms with van der Waals surface area (Å²) in [6.45, 7) is 14.1. The molecule has 1 aromatic carbocycles. The fourth-order valence-corrected chi connectivity index (χ4v) is 2.38. The first-order chi connectivity index (χ1) is 9.17. The third-order valence-electron chi connectivity index (χ3n) is 2.93. The normalized spacial score (nSPS) is 12.2. The van der Waals surface area contributed by atoms with Gasteiger partial charge in [-0.05, 0) is 29.0 Å². The summed E-state index contributed by atoms with van der Waals surface area (Å²) in [5, 5.41) is 8.92. The van der Waals surface area contributed by atoms with Crippen molar-refractivity contribution < 1.29 is 9.90 Å². The van der Waals surface area contributed by atoms with Crippen molar-refractivity contribution in [2.75, 3.05) is 13.1 Å². The maximum absolute atomic E-state index is 10.9. The summed E-state index contributed by atoms with van der Waals surface area (Å²) in [7, 11) is 0. The molecule has 0 saturated carbocycles. The fourth-order valence-electron chi connectivity index (χ4n) is 2.38. The summed E-state index contributed by atoms with van der Waals surface area (Å²) in [6.07, 6.45) is 0. The van der Waals surface area contributed by atoms with Gasteiger partial charge >= 0.3 is 5.97 Å². The highest BCUT2D eigenvalue weighted by atomic mass is 16.4. The molecule has 0 unspecified atom stereocenters. The van der Waals surface area contributed by atoms with Gasteiger partial charge in [0, 0.05) is 19.6 Å². The van der Waals surface area contributed by atoms with Gasteiger partial charge in [-0.25, -0.2) is 4.79 Å². The second kappa shape index (κ2) is 6.89. The van der Waals surface area contributed by atoms with Gasteiger partial charge in [0.2, 0.25) is 0 Å². The molecule has 3 nitrogen and oxygen atoms in total. The van der Waals surface area contributed by atoms with Crippen molar-refractivity contribution in [1.29, 1.82) is 0 Å². The number of nitrogens with zero attached hydrogens (tertiary/aromatic N) is 1. The zero-order valence-electron chi connectivity index (χ0n) is 13.3. The van der Waals surface area contributed by atoms with Crippen LogP contribution in [0.1, 0.15) is 50.5 Å². The molecule has 0 heterocycles. The van der Waals surface area contributed by atoms with Gasteiger partial charge in [0.15, 0.2) is 0 Å². The molecular formula is C17H27NO2. The Morgan fingerprint density at radius 3 is 2.15 bits per heavy atom. The number of carboxylic acid groups (broad SMARTS) is 1. The Morgan fingerprint density at radius 1 is 1.20 bits per heavy atom. The van der Waals surface area contributed by atoms with Crippen LogP contribution in [0.2, 0.25) is 0 Å². The molecule has 0 amide bonds. The van der Waals surface area contributed by atoms with Crippen molar-refractivity contribution in [2.45, 2.75) is 41.2 Å². The van der Waals surface area contributed by atoms with Crippen LogP contribution in [0.25, 0.3) is 0 Å². The van der Waals surface area contributed by atoms with Crippen molar-refractivity contribution in [2.24, 2.45) is 11.3 Å². The zero-order valence-corrected chi connectivity index (χ0v) is 13.3. The third kappa shape index (κ3) is 6.20. The molecule has 0 radical (unpaired) electrons. The van der Waals surface area contributed by atoms with Crippen LogP contribution in [0, 0.1) is 11.3 Å². The van der Waals surface area contributed by atoms with E-state index in [1.54, 1.807) is 12.1 Å². The van der Waals surface area contributed by atoms with Crippen LogP contribution in [-0.2, 0) is 6.54 Å². The molecular weight excluding hydrogens is 250 g/mol. The van der Waals surface area contributed by atoms with E-state index in [2.05, 4.69) is 39.5 Å². The van der Waals surface area contributed by atoms with Crippen LogP contribution in [-0.4, -0.2) is 29.1 Å². The largest absolute Gasteiger partial charge is 0.478 e. The number of hydrogen-bond donors (Lipinski definition) is 1. The third-order valence-corrected chi connectivity index (χ3v) is 2.93. The maximum Gasteiger partial charge on any atom is 0.335 e. The molecule has 0 saturated heterocycles. The van der Waals surface area contributed by atoms with E-state index in [0.29, 0.717) is 11.5 Å². The minimum atomic E-state index is -0.870. The van der Waals surface area contributed by atoms with E-state index in [1.807, 2.05) is 12.1 Å². The van der Waals surface area contributed by atoms with Gasteiger partial charge in [0.1, 0.15) is 0 Å². The van der Waals surface area contributed by atoms with E-state index in [1.165, 1.54) is 5.56 Å². The Kier molecular flexibility index (Phi) is 5.75. The number of hydrogen-bond acceptors (Lipinski definition) is 2. The number of rotatable bonds is 6. The van der Waals surface area contributed by atoms with E-state index in [9.17, 15) is 4.79 Å². The Hall–Kier alpha value is -1.35. The highest BCUT2D eigenvalue weighted by molar-refractivity contribution is 5.87. The second-order valence-corrected chi connectivity index (χ2v) is 7.13. The van der Waals surface area contributed by atoms with Gasteiger partial charge in [-0.15, -0.1) is 0 Å². The summed E-state index contributed by atoms with van der Waals surface area (Å²) in [5.41, 5.74) is 1.77. The molecule has 0 aliphatic carbocycles. The van der Waals surface area contributed by atoms with Gasteiger partial charge in [-0.3, -0.25) is 4.90 Å². The van der Waals surface area contributed by atoms with E-state index in [4.69, 9.17) is 5.11 Å². The summed E-state index contributed by atoms with van der Waals surface area (Å²) in [6, 6.07) is 7.20. The van der Waals surface area contributed by atoms with Crippen LogP contribution in [0.5, 0.6) is 0 Å². The monoisotopic (exact) mass is 277 g/mol. The first kappa shape index (κ1) is 16.7. The Labute approximate surface area is 122 Å². The number of carboxylic acids is 1. The molecule has 112 valence electrons. The smallest absolute Gasteiger partial charge is 0.335 e. The van der Waals surface area contributed by atoms with Crippen molar-refractivity contribution in [3.05, 3.63) is 35.4 Å². The standard InChI is InChI=1S/C17H27NO2/c1-13(2)10-18(12-17(3,4)5)11-14-6-8-15(9-7-14)16(19)20/h6-9,13H,10-12H2,1-5H3,(H,19,20). The Morgan fingerprint density at radius 2 is 1.75 bits per heavy atom. The van der Waals surface area contributed by atoms with Gasteiger partial charge in [0.25, 0.3) is 0 Å². The van der Waals surface area contributed by atoms with Crippen molar-refractivity contribution >= 4 is 5.97 Å². The average Bonchev–Trinajstić information content (AvgIpc) is 2.26. The molecule has 0 aliphatic rings. The molecule has 1 aromatic rings. The summed E-state index contributed by atoms with van der Waals surface area (Å²) in [4.78, 5) is 13.3. The number of aromatic carboxylic acids is 1. The Balaban J connectivity index is 2.75. The molecule has 3 heteroatoms. The van der Waals surface area contributed by atoms with Gasteiger partial charge in [0.05, 0.1) is 5.56 Å². The molecule has 0 aliphatic heterocycles. The zero-order chi connectivity index (χ0) is 15.3.